The van der Waals surface area contributed by atoms with Gasteiger partial charge in [-0.1, -0.05) is 46.5 Å². The lowest BCUT2D eigenvalue weighted by Crippen LogP contribution is -2.37. The van der Waals surface area contributed by atoms with Crippen molar-refractivity contribution in [3.05, 3.63) is 99.6 Å². The van der Waals surface area contributed by atoms with Crippen LogP contribution in [-0.2, 0) is 16.1 Å². The Labute approximate surface area is 207 Å². The van der Waals surface area contributed by atoms with Crippen molar-refractivity contribution >= 4 is 11.9 Å². The minimum absolute atomic E-state index is 0.130. The molecule has 0 unspecified atom stereocenters. The maximum atomic E-state index is 12.9. The summed E-state index contributed by atoms with van der Waals surface area (Å²) in [7, 11) is 1.62. The van der Waals surface area contributed by atoms with Gasteiger partial charge in [0.25, 0.3) is 5.91 Å². The smallest absolute Gasteiger partial charge is 0.338 e. The Morgan fingerprint density at radius 1 is 0.800 bits per heavy atom. The minimum Gasteiger partial charge on any atom is -0.497 e. The molecule has 6 heteroatoms. The number of hydrogen-bond donors (Lipinski definition) is 1. The second kappa shape index (κ2) is 12.2. The SMILES string of the molecule is COc1ccc(COC[C@H](CNC(=O)c2cc(C)cc(C)c2)OC(=O)c2cc(C)cc(C)c2)cc1. The molecule has 3 rings (SSSR count). The van der Waals surface area contributed by atoms with Gasteiger partial charge >= 0.3 is 5.97 Å². The van der Waals surface area contributed by atoms with Crippen molar-refractivity contribution in [2.45, 2.75) is 40.4 Å². The number of carbonyl (C=O) groups is 2. The number of hydrogen-bond acceptors (Lipinski definition) is 5. The van der Waals surface area contributed by atoms with Gasteiger partial charge in [0.05, 0.1) is 32.4 Å². The predicted molar refractivity (Wildman–Crippen MR) is 136 cm³/mol. The summed E-state index contributed by atoms with van der Waals surface area (Å²) in [5.41, 5.74) is 5.99. The molecule has 0 fully saturated rings. The number of nitrogens with one attached hydrogen (secondary N) is 1. The number of esters is 1. The molecule has 0 aliphatic heterocycles. The first kappa shape index (κ1) is 26.0. The molecule has 35 heavy (non-hydrogen) atoms. The van der Waals surface area contributed by atoms with Gasteiger partial charge in [-0.05, 0) is 69.7 Å². The van der Waals surface area contributed by atoms with Crippen LogP contribution >= 0.6 is 0 Å². The molecule has 184 valence electrons. The molecule has 3 aromatic rings. The van der Waals surface area contributed by atoms with E-state index in [1.165, 1.54) is 0 Å². The Morgan fingerprint density at radius 3 is 1.89 bits per heavy atom. The summed E-state index contributed by atoms with van der Waals surface area (Å²) < 4.78 is 16.8. The molecule has 1 amide bonds. The highest BCUT2D eigenvalue weighted by molar-refractivity contribution is 5.94. The first-order valence-electron chi connectivity index (χ1n) is 11.6. The van der Waals surface area contributed by atoms with E-state index in [1.807, 2.05) is 76.2 Å². The number of methoxy groups -OCH3 is 1. The van der Waals surface area contributed by atoms with Crippen molar-refractivity contribution in [1.82, 2.24) is 5.32 Å². The third-order valence-corrected chi connectivity index (χ3v) is 5.44. The second-order valence-corrected chi connectivity index (χ2v) is 8.85. The second-order valence-electron chi connectivity index (χ2n) is 8.85. The van der Waals surface area contributed by atoms with Crippen LogP contribution in [0.4, 0.5) is 0 Å². The third kappa shape index (κ3) is 7.97. The molecule has 0 bridgehead atoms. The normalized spacial score (nSPS) is 11.6. The summed E-state index contributed by atoms with van der Waals surface area (Å²) in [6.45, 7) is 8.37. The topological polar surface area (TPSA) is 73.9 Å². The van der Waals surface area contributed by atoms with Crippen molar-refractivity contribution in [2.24, 2.45) is 0 Å². The summed E-state index contributed by atoms with van der Waals surface area (Å²) in [4.78, 5) is 25.6. The van der Waals surface area contributed by atoms with E-state index in [-0.39, 0.29) is 19.1 Å². The van der Waals surface area contributed by atoms with E-state index in [4.69, 9.17) is 14.2 Å². The van der Waals surface area contributed by atoms with Crippen LogP contribution in [0.15, 0.2) is 60.7 Å². The number of benzene rings is 3. The minimum atomic E-state index is -0.656. The Kier molecular flexibility index (Phi) is 9.04. The zero-order valence-electron chi connectivity index (χ0n) is 21.0. The fourth-order valence-corrected chi connectivity index (χ4v) is 3.89. The first-order chi connectivity index (χ1) is 16.7. The lowest BCUT2D eigenvalue weighted by molar-refractivity contribution is -0.00745. The van der Waals surface area contributed by atoms with E-state index in [1.54, 1.807) is 19.2 Å². The van der Waals surface area contributed by atoms with Crippen LogP contribution in [0.3, 0.4) is 0 Å². The Bertz CT molecular complexity index is 1130. The van der Waals surface area contributed by atoms with Crippen molar-refractivity contribution in [3.63, 3.8) is 0 Å². The molecule has 6 nitrogen and oxygen atoms in total. The summed E-state index contributed by atoms with van der Waals surface area (Å²) >= 11 is 0. The monoisotopic (exact) mass is 475 g/mol. The highest BCUT2D eigenvalue weighted by Gasteiger charge is 2.19. The molecule has 1 atom stereocenters. The molecule has 0 heterocycles. The molecular formula is C29H33NO5. The zero-order valence-corrected chi connectivity index (χ0v) is 21.0. The average Bonchev–Trinajstić information content (AvgIpc) is 2.81. The van der Waals surface area contributed by atoms with E-state index < -0.39 is 12.1 Å². The zero-order chi connectivity index (χ0) is 25.4. The van der Waals surface area contributed by atoms with Crippen LogP contribution in [-0.4, -0.2) is 38.2 Å². The highest BCUT2D eigenvalue weighted by Crippen LogP contribution is 2.14. The Morgan fingerprint density at radius 2 is 1.34 bits per heavy atom. The maximum Gasteiger partial charge on any atom is 0.338 e. The van der Waals surface area contributed by atoms with Gasteiger partial charge < -0.3 is 19.5 Å². The van der Waals surface area contributed by atoms with E-state index >= 15 is 0 Å². The van der Waals surface area contributed by atoms with E-state index in [0.29, 0.717) is 17.7 Å². The number of carbonyl (C=O) groups excluding carboxylic acids is 2. The fourth-order valence-electron chi connectivity index (χ4n) is 3.89. The molecule has 0 saturated carbocycles. The van der Waals surface area contributed by atoms with Gasteiger partial charge in [-0.15, -0.1) is 0 Å². The summed E-state index contributed by atoms with van der Waals surface area (Å²) in [5.74, 6) is 0.0954. The fraction of sp³-hybridized carbons (Fsp3) is 0.310. The van der Waals surface area contributed by atoms with Crippen molar-refractivity contribution in [1.29, 1.82) is 0 Å². The number of rotatable bonds is 10. The molecule has 0 radical (unpaired) electrons. The van der Waals surface area contributed by atoms with Gasteiger partial charge in [-0.2, -0.15) is 0 Å². The predicted octanol–water partition coefficient (Wildman–Crippen LogP) is 5.10. The Hall–Kier alpha value is -3.64. The van der Waals surface area contributed by atoms with Gasteiger partial charge in [0.2, 0.25) is 0 Å². The molecule has 0 spiro atoms. The van der Waals surface area contributed by atoms with E-state index in [0.717, 1.165) is 33.6 Å². The molecule has 0 saturated heterocycles. The summed E-state index contributed by atoms with van der Waals surface area (Å²) in [5, 5.41) is 2.88. The summed E-state index contributed by atoms with van der Waals surface area (Å²) in [6, 6.07) is 18.8. The largest absolute Gasteiger partial charge is 0.497 e. The number of amides is 1. The number of aryl methyl sites for hydroxylation is 4. The molecule has 0 aliphatic rings. The van der Waals surface area contributed by atoms with Crippen LogP contribution in [0.5, 0.6) is 5.75 Å². The summed E-state index contributed by atoms with van der Waals surface area (Å²) in [6.07, 6.45) is -0.656. The van der Waals surface area contributed by atoms with Crippen LogP contribution in [0.1, 0.15) is 48.5 Å². The maximum absolute atomic E-state index is 12.9. The lowest BCUT2D eigenvalue weighted by atomic mass is 10.1. The van der Waals surface area contributed by atoms with Gasteiger partial charge in [-0.25, -0.2) is 4.79 Å². The first-order valence-corrected chi connectivity index (χ1v) is 11.6. The van der Waals surface area contributed by atoms with Gasteiger partial charge in [-0.3, -0.25) is 4.79 Å². The van der Waals surface area contributed by atoms with Crippen molar-refractivity contribution in [2.75, 3.05) is 20.3 Å². The molecule has 3 aromatic carbocycles. The van der Waals surface area contributed by atoms with Crippen LogP contribution in [0.25, 0.3) is 0 Å². The van der Waals surface area contributed by atoms with Crippen molar-refractivity contribution < 1.29 is 23.8 Å². The van der Waals surface area contributed by atoms with E-state index in [2.05, 4.69) is 5.32 Å². The molecule has 1 N–H and O–H groups in total. The quantitative estimate of drug-likeness (QED) is 0.413. The Balaban J connectivity index is 1.66. The molecule has 0 aromatic heterocycles. The van der Waals surface area contributed by atoms with Crippen molar-refractivity contribution in [3.8, 4) is 5.75 Å². The van der Waals surface area contributed by atoms with Gasteiger partial charge in [0.1, 0.15) is 11.9 Å². The van der Waals surface area contributed by atoms with E-state index in [9.17, 15) is 9.59 Å². The number of ether oxygens (including phenoxy) is 3. The van der Waals surface area contributed by atoms with Crippen LogP contribution in [0, 0.1) is 27.7 Å². The average molecular weight is 476 g/mol. The third-order valence-electron chi connectivity index (χ3n) is 5.44. The highest BCUT2D eigenvalue weighted by atomic mass is 16.6. The van der Waals surface area contributed by atoms with Gasteiger partial charge in [0.15, 0.2) is 0 Å². The van der Waals surface area contributed by atoms with Gasteiger partial charge in [0, 0.05) is 5.56 Å². The lowest BCUT2D eigenvalue weighted by Gasteiger charge is -2.19. The molecule has 0 aliphatic carbocycles. The standard InChI is InChI=1S/C29H33NO5/c1-19-10-20(2)13-24(12-19)28(31)30-16-27(18-34-17-23-6-8-26(33-5)9-7-23)35-29(32)25-14-21(3)11-22(4)15-25/h6-15,27H,16-18H2,1-5H3,(H,30,31)/t27-/m0/s1. The van der Waals surface area contributed by atoms with Crippen LogP contribution in [0.2, 0.25) is 0 Å². The molecular weight excluding hydrogens is 442 g/mol. The van der Waals surface area contributed by atoms with Crippen LogP contribution < -0.4 is 10.1 Å².